The Labute approximate surface area is 83.4 Å². The zero-order valence-corrected chi connectivity index (χ0v) is 9.02. The van der Waals surface area contributed by atoms with Crippen LogP contribution in [0.4, 0.5) is 0 Å². The predicted octanol–water partition coefficient (Wildman–Crippen LogP) is 3.97. The molecule has 0 aliphatic heterocycles. The van der Waals surface area contributed by atoms with Gasteiger partial charge in [0, 0.05) is 6.54 Å². The summed E-state index contributed by atoms with van der Waals surface area (Å²) >= 11 is 0. The molecule has 0 aliphatic rings. The maximum Gasteiger partial charge on any atom is 0.0281 e. The van der Waals surface area contributed by atoms with Gasteiger partial charge in [0.25, 0.3) is 0 Å². The van der Waals surface area contributed by atoms with Gasteiger partial charge in [0.1, 0.15) is 0 Å². The van der Waals surface area contributed by atoms with Gasteiger partial charge in [-0.05, 0) is 12.8 Å². The molecular weight excluding hydrogens is 158 g/mol. The summed E-state index contributed by atoms with van der Waals surface area (Å²) in [4.78, 5) is 0. The number of rotatable bonds is 9. The summed E-state index contributed by atoms with van der Waals surface area (Å²) in [6.45, 7) is 2.70. The molecule has 0 rings (SSSR count). The Bertz CT molecular complexity index is 108. The topological polar surface area (TPSA) is 23.8 Å². The average molecular weight is 182 g/mol. The van der Waals surface area contributed by atoms with Crippen LogP contribution in [0.1, 0.15) is 58.3 Å². The van der Waals surface area contributed by atoms with Gasteiger partial charge in [0.15, 0.2) is 0 Å². The van der Waals surface area contributed by atoms with Crippen LogP contribution in [0.2, 0.25) is 0 Å². The fraction of sp³-hybridized carbons (Fsp3) is 0.833. The van der Waals surface area contributed by atoms with Gasteiger partial charge in [-0.1, -0.05) is 57.6 Å². The molecule has 0 aromatic carbocycles. The minimum atomic E-state index is 0.441. The van der Waals surface area contributed by atoms with Crippen molar-refractivity contribution in [2.45, 2.75) is 58.3 Å². The Balaban J connectivity index is 2.87. The van der Waals surface area contributed by atoms with E-state index in [-0.39, 0.29) is 0 Å². The van der Waals surface area contributed by atoms with Crippen LogP contribution < -0.4 is 5.73 Å². The van der Waals surface area contributed by atoms with Gasteiger partial charge in [-0.25, -0.2) is 0 Å². The van der Waals surface area contributed by atoms with Crippen molar-refractivity contribution in [2.75, 3.05) is 6.54 Å². The monoisotopic (exact) mass is 182 g/mol. The summed E-state index contributed by atoms with van der Waals surface area (Å²) in [6.07, 6.45) is 14.9. The van der Waals surface area contributed by atoms with E-state index in [9.17, 15) is 0 Å². The Hall–Kier alpha value is -0.300. The van der Waals surface area contributed by atoms with Crippen LogP contribution in [0.15, 0.2) is 12.2 Å². The minimum absolute atomic E-state index is 0.441. The van der Waals surface area contributed by atoms with Gasteiger partial charge in [-0.15, -0.1) is 0 Å². The summed E-state index contributed by atoms with van der Waals surface area (Å²) in [6, 6.07) is 0. The molecule has 1 radical (unpaired) electrons. The van der Waals surface area contributed by atoms with E-state index in [0.29, 0.717) is 6.54 Å². The molecule has 0 atom stereocenters. The van der Waals surface area contributed by atoms with Crippen LogP contribution >= 0.6 is 0 Å². The van der Waals surface area contributed by atoms with Crippen molar-refractivity contribution in [1.29, 1.82) is 0 Å². The summed E-state index contributed by atoms with van der Waals surface area (Å²) in [7, 11) is 0. The number of allylic oxidation sites excluding steroid dienone is 1. The minimum Gasteiger partial charge on any atom is -0.254 e. The maximum absolute atomic E-state index is 6.91. The second-order valence-corrected chi connectivity index (χ2v) is 3.59. The molecule has 0 heterocycles. The van der Waals surface area contributed by atoms with Gasteiger partial charge in [-0.3, -0.25) is 5.73 Å². The molecule has 1 N–H and O–H groups in total. The number of hydrogen-bond acceptors (Lipinski definition) is 0. The second kappa shape index (κ2) is 11.7. The third kappa shape index (κ3) is 11.7. The number of unbranched alkanes of at least 4 members (excludes halogenated alkanes) is 7. The highest BCUT2D eigenvalue weighted by Crippen LogP contribution is 2.08. The van der Waals surface area contributed by atoms with Crippen molar-refractivity contribution in [1.82, 2.24) is 5.73 Å². The third-order valence-electron chi connectivity index (χ3n) is 2.26. The summed E-state index contributed by atoms with van der Waals surface area (Å²) in [5.74, 6) is 0. The lowest BCUT2D eigenvalue weighted by molar-refractivity contribution is 0.592. The van der Waals surface area contributed by atoms with E-state index in [1.165, 1.54) is 51.4 Å². The summed E-state index contributed by atoms with van der Waals surface area (Å²) in [5, 5.41) is 0. The lowest BCUT2D eigenvalue weighted by Crippen LogP contribution is -1.79. The fourth-order valence-electron chi connectivity index (χ4n) is 1.42. The molecule has 0 saturated heterocycles. The molecule has 0 unspecified atom stereocenters. The SMILES string of the molecule is CCCCCCCCC/C=C/C[NH]. The zero-order chi connectivity index (χ0) is 9.78. The Morgan fingerprint density at radius 1 is 0.846 bits per heavy atom. The molecule has 1 nitrogen and oxygen atoms in total. The van der Waals surface area contributed by atoms with Gasteiger partial charge in [0.2, 0.25) is 0 Å². The lowest BCUT2D eigenvalue weighted by Gasteiger charge is -1.98. The molecule has 0 amide bonds. The first-order valence-corrected chi connectivity index (χ1v) is 5.71. The normalized spacial score (nSPS) is 11.2. The van der Waals surface area contributed by atoms with Gasteiger partial charge in [0.05, 0.1) is 0 Å². The first-order chi connectivity index (χ1) is 6.41. The average Bonchev–Trinajstić information content (AvgIpc) is 2.16. The van der Waals surface area contributed by atoms with E-state index in [4.69, 9.17) is 5.73 Å². The largest absolute Gasteiger partial charge is 0.254 e. The van der Waals surface area contributed by atoms with Crippen molar-refractivity contribution in [3.8, 4) is 0 Å². The van der Waals surface area contributed by atoms with Crippen LogP contribution in [-0.4, -0.2) is 6.54 Å². The maximum atomic E-state index is 6.91. The van der Waals surface area contributed by atoms with Crippen LogP contribution in [0.25, 0.3) is 0 Å². The van der Waals surface area contributed by atoms with E-state index in [1.54, 1.807) is 0 Å². The van der Waals surface area contributed by atoms with Gasteiger partial charge >= 0.3 is 0 Å². The molecule has 0 saturated carbocycles. The van der Waals surface area contributed by atoms with Crippen LogP contribution in [0.3, 0.4) is 0 Å². The van der Waals surface area contributed by atoms with Crippen LogP contribution in [-0.2, 0) is 0 Å². The van der Waals surface area contributed by atoms with Crippen LogP contribution in [0, 0.1) is 0 Å². The molecule has 0 aromatic rings. The second-order valence-electron chi connectivity index (χ2n) is 3.59. The smallest absolute Gasteiger partial charge is 0.0281 e. The highest BCUT2D eigenvalue weighted by molar-refractivity contribution is 4.81. The molecule has 77 valence electrons. The predicted molar refractivity (Wildman–Crippen MR) is 59.7 cm³/mol. The Kier molecular flexibility index (Phi) is 11.4. The van der Waals surface area contributed by atoms with E-state index < -0.39 is 0 Å². The number of hydrogen-bond donors (Lipinski definition) is 0. The van der Waals surface area contributed by atoms with Crippen molar-refractivity contribution in [2.24, 2.45) is 0 Å². The molecule has 0 spiro atoms. The third-order valence-corrected chi connectivity index (χ3v) is 2.26. The molecule has 0 aromatic heterocycles. The van der Waals surface area contributed by atoms with Crippen molar-refractivity contribution in [3.05, 3.63) is 12.2 Å². The lowest BCUT2D eigenvalue weighted by atomic mass is 10.1. The van der Waals surface area contributed by atoms with Crippen LogP contribution in [0.5, 0.6) is 0 Å². The quantitative estimate of drug-likeness (QED) is 0.380. The van der Waals surface area contributed by atoms with E-state index in [2.05, 4.69) is 13.0 Å². The number of nitrogens with one attached hydrogen (secondary N) is 1. The van der Waals surface area contributed by atoms with Crippen molar-refractivity contribution >= 4 is 0 Å². The standard InChI is InChI=1S/C12H24N/c1-2-3-4-5-6-7-8-9-10-11-12-13/h10-11,13H,2-9,12H2,1H3/b11-10+. The fourth-order valence-corrected chi connectivity index (χ4v) is 1.42. The molecular formula is C12H24N. The Morgan fingerprint density at radius 2 is 1.46 bits per heavy atom. The summed E-state index contributed by atoms with van der Waals surface area (Å²) < 4.78 is 0. The molecule has 1 heteroatoms. The molecule has 13 heavy (non-hydrogen) atoms. The Morgan fingerprint density at radius 3 is 2.08 bits per heavy atom. The van der Waals surface area contributed by atoms with Gasteiger partial charge in [-0.2, -0.15) is 0 Å². The van der Waals surface area contributed by atoms with E-state index in [0.717, 1.165) is 0 Å². The molecule has 0 fully saturated rings. The van der Waals surface area contributed by atoms with Crippen molar-refractivity contribution in [3.63, 3.8) is 0 Å². The summed E-state index contributed by atoms with van der Waals surface area (Å²) in [5.41, 5.74) is 6.91. The zero-order valence-electron chi connectivity index (χ0n) is 9.02. The van der Waals surface area contributed by atoms with E-state index in [1.807, 2.05) is 6.08 Å². The van der Waals surface area contributed by atoms with E-state index >= 15 is 0 Å². The van der Waals surface area contributed by atoms with Crippen molar-refractivity contribution < 1.29 is 0 Å². The first kappa shape index (κ1) is 12.7. The highest BCUT2D eigenvalue weighted by Gasteiger charge is 1.88. The highest BCUT2D eigenvalue weighted by atomic mass is 14.5. The molecule has 0 aliphatic carbocycles. The van der Waals surface area contributed by atoms with Gasteiger partial charge < -0.3 is 0 Å². The molecule has 0 bridgehead atoms. The first-order valence-electron chi connectivity index (χ1n) is 5.71.